The molecule has 1 saturated heterocycles. The number of benzene rings is 1. The average Bonchev–Trinajstić information content (AvgIpc) is 3.01. The summed E-state index contributed by atoms with van der Waals surface area (Å²) in [6, 6.07) is 5.31. The minimum atomic E-state index is -1.22. The number of imide groups is 1. The summed E-state index contributed by atoms with van der Waals surface area (Å²) in [6.07, 6.45) is 1.83. The molecule has 1 heterocycles. The topological polar surface area (TPSA) is 69.6 Å². The zero-order valence-corrected chi connectivity index (χ0v) is 11.5. The van der Waals surface area contributed by atoms with Crippen LogP contribution in [0.4, 0.5) is 9.18 Å². The van der Waals surface area contributed by atoms with Crippen molar-refractivity contribution < 1.29 is 19.1 Å². The Balaban J connectivity index is 1.77. The van der Waals surface area contributed by atoms with Crippen LogP contribution >= 0.6 is 0 Å². The highest BCUT2D eigenvalue weighted by Gasteiger charge is 2.52. The van der Waals surface area contributed by atoms with E-state index < -0.39 is 23.5 Å². The SMILES string of the molecule is O=C1NC2(CCCC2)C(=O)N1C[C@@H](O)c1ccccc1F. The number of hydrogen-bond acceptors (Lipinski definition) is 3. The monoisotopic (exact) mass is 292 g/mol. The number of aliphatic hydroxyl groups excluding tert-OH is 1. The van der Waals surface area contributed by atoms with Crippen LogP contribution in [-0.2, 0) is 4.79 Å². The number of urea groups is 1. The van der Waals surface area contributed by atoms with Crippen molar-refractivity contribution in [3.8, 4) is 0 Å². The Morgan fingerprint density at radius 3 is 2.62 bits per heavy atom. The van der Waals surface area contributed by atoms with Gasteiger partial charge in [-0.05, 0) is 18.9 Å². The van der Waals surface area contributed by atoms with Gasteiger partial charge in [-0.1, -0.05) is 31.0 Å². The third kappa shape index (κ3) is 2.29. The molecular formula is C15H17FN2O3. The van der Waals surface area contributed by atoms with Crippen molar-refractivity contribution in [3.05, 3.63) is 35.6 Å². The molecule has 2 fully saturated rings. The molecule has 0 radical (unpaired) electrons. The predicted octanol–water partition coefficient (Wildman–Crippen LogP) is 1.72. The summed E-state index contributed by atoms with van der Waals surface area (Å²) in [5.41, 5.74) is -0.711. The molecule has 2 aliphatic rings. The Kier molecular flexibility index (Phi) is 3.41. The summed E-state index contributed by atoms with van der Waals surface area (Å²) in [7, 11) is 0. The van der Waals surface area contributed by atoms with Gasteiger partial charge in [0.1, 0.15) is 11.4 Å². The zero-order chi connectivity index (χ0) is 15.0. The van der Waals surface area contributed by atoms with Crippen LogP contribution < -0.4 is 5.32 Å². The third-order valence-corrected chi connectivity index (χ3v) is 4.32. The zero-order valence-electron chi connectivity index (χ0n) is 11.5. The molecule has 21 heavy (non-hydrogen) atoms. The van der Waals surface area contributed by atoms with Gasteiger partial charge in [-0.15, -0.1) is 0 Å². The van der Waals surface area contributed by atoms with Crippen LogP contribution in [0.15, 0.2) is 24.3 Å². The largest absolute Gasteiger partial charge is 0.386 e. The molecule has 1 aromatic rings. The van der Waals surface area contributed by atoms with Crippen LogP contribution in [0, 0.1) is 5.82 Å². The first-order valence-corrected chi connectivity index (χ1v) is 7.10. The van der Waals surface area contributed by atoms with E-state index in [-0.39, 0.29) is 18.0 Å². The second-order valence-corrected chi connectivity index (χ2v) is 5.67. The molecule has 6 heteroatoms. The molecule has 1 spiro atoms. The minimum absolute atomic E-state index is 0.0884. The van der Waals surface area contributed by atoms with Crippen LogP contribution in [0.25, 0.3) is 0 Å². The van der Waals surface area contributed by atoms with Crippen molar-refractivity contribution in [1.29, 1.82) is 0 Å². The Labute approximate surface area is 121 Å². The van der Waals surface area contributed by atoms with E-state index >= 15 is 0 Å². The fourth-order valence-electron chi connectivity index (χ4n) is 3.18. The number of carbonyl (C=O) groups is 2. The highest BCUT2D eigenvalue weighted by Crippen LogP contribution is 2.35. The lowest BCUT2D eigenvalue weighted by atomic mass is 9.98. The molecule has 1 aliphatic carbocycles. The number of nitrogens with one attached hydrogen (secondary N) is 1. The van der Waals surface area contributed by atoms with Gasteiger partial charge in [0.15, 0.2) is 0 Å². The van der Waals surface area contributed by atoms with E-state index in [4.69, 9.17) is 0 Å². The predicted molar refractivity (Wildman–Crippen MR) is 72.8 cm³/mol. The molecule has 1 saturated carbocycles. The molecule has 5 nitrogen and oxygen atoms in total. The van der Waals surface area contributed by atoms with Crippen LogP contribution in [0.2, 0.25) is 0 Å². The van der Waals surface area contributed by atoms with E-state index in [1.54, 1.807) is 6.07 Å². The number of halogens is 1. The van der Waals surface area contributed by atoms with Gasteiger partial charge < -0.3 is 10.4 Å². The quantitative estimate of drug-likeness (QED) is 0.833. The van der Waals surface area contributed by atoms with E-state index in [1.165, 1.54) is 18.2 Å². The van der Waals surface area contributed by atoms with Crippen LogP contribution in [0.3, 0.4) is 0 Å². The van der Waals surface area contributed by atoms with Crippen LogP contribution in [0.1, 0.15) is 37.4 Å². The summed E-state index contributed by atoms with van der Waals surface area (Å²) in [6.45, 7) is -0.229. The summed E-state index contributed by atoms with van der Waals surface area (Å²) in [5, 5.41) is 12.8. The molecule has 1 aliphatic heterocycles. The van der Waals surface area contributed by atoms with Crippen molar-refractivity contribution in [3.63, 3.8) is 0 Å². The van der Waals surface area contributed by atoms with E-state index in [2.05, 4.69) is 5.32 Å². The smallest absolute Gasteiger partial charge is 0.325 e. The van der Waals surface area contributed by atoms with E-state index in [0.717, 1.165) is 17.7 Å². The highest BCUT2D eigenvalue weighted by atomic mass is 19.1. The summed E-state index contributed by atoms with van der Waals surface area (Å²) in [4.78, 5) is 25.4. The first-order valence-electron chi connectivity index (χ1n) is 7.10. The van der Waals surface area contributed by atoms with E-state index in [9.17, 15) is 19.1 Å². The Morgan fingerprint density at radius 1 is 1.29 bits per heavy atom. The summed E-state index contributed by atoms with van der Waals surface area (Å²) >= 11 is 0. The van der Waals surface area contributed by atoms with Gasteiger partial charge in [0.2, 0.25) is 0 Å². The highest BCUT2D eigenvalue weighted by molar-refractivity contribution is 6.07. The molecule has 112 valence electrons. The fraction of sp³-hybridized carbons (Fsp3) is 0.467. The Hall–Kier alpha value is -1.95. The Bertz CT molecular complexity index is 584. The van der Waals surface area contributed by atoms with Gasteiger partial charge in [0, 0.05) is 5.56 Å². The molecule has 1 atom stereocenters. The molecule has 3 amide bonds. The number of carbonyl (C=O) groups excluding carboxylic acids is 2. The lowest BCUT2D eigenvalue weighted by Crippen LogP contribution is -2.44. The maximum Gasteiger partial charge on any atom is 0.325 e. The lowest BCUT2D eigenvalue weighted by molar-refractivity contribution is -0.132. The van der Waals surface area contributed by atoms with Gasteiger partial charge in [0.25, 0.3) is 5.91 Å². The molecular weight excluding hydrogens is 275 g/mol. The summed E-state index contributed by atoms with van der Waals surface area (Å²) in [5.74, 6) is -0.854. The van der Waals surface area contributed by atoms with Crippen molar-refractivity contribution in [2.24, 2.45) is 0 Å². The number of rotatable bonds is 3. The fourth-order valence-corrected chi connectivity index (χ4v) is 3.18. The van der Waals surface area contributed by atoms with Gasteiger partial charge >= 0.3 is 6.03 Å². The number of aliphatic hydroxyl groups is 1. The number of β-amino-alcohol motifs (C(OH)–C–C–N with tert-alkyl or cyclic N) is 1. The normalized spacial score (nSPS) is 21.9. The lowest BCUT2D eigenvalue weighted by Gasteiger charge is -2.21. The molecule has 3 rings (SSSR count). The molecule has 2 N–H and O–H groups in total. The average molecular weight is 292 g/mol. The second kappa shape index (κ2) is 5.11. The maximum atomic E-state index is 13.6. The molecule has 0 aromatic heterocycles. The second-order valence-electron chi connectivity index (χ2n) is 5.67. The first kappa shape index (κ1) is 14.0. The molecule has 0 unspecified atom stereocenters. The van der Waals surface area contributed by atoms with E-state index in [1.807, 2.05) is 0 Å². The van der Waals surface area contributed by atoms with Gasteiger partial charge in [-0.2, -0.15) is 0 Å². The Morgan fingerprint density at radius 2 is 1.95 bits per heavy atom. The number of nitrogens with zero attached hydrogens (tertiary/aromatic N) is 1. The van der Waals surface area contributed by atoms with Crippen LogP contribution in [-0.4, -0.2) is 34.0 Å². The maximum absolute atomic E-state index is 13.6. The van der Waals surface area contributed by atoms with Gasteiger partial charge in [0.05, 0.1) is 12.6 Å². The van der Waals surface area contributed by atoms with Crippen molar-refractivity contribution in [1.82, 2.24) is 10.2 Å². The number of hydrogen-bond donors (Lipinski definition) is 2. The summed E-state index contributed by atoms with van der Waals surface area (Å²) < 4.78 is 13.6. The molecule has 0 bridgehead atoms. The van der Waals surface area contributed by atoms with Crippen molar-refractivity contribution >= 4 is 11.9 Å². The van der Waals surface area contributed by atoms with Crippen molar-refractivity contribution in [2.75, 3.05) is 6.54 Å². The standard InChI is InChI=1S/C15H17FN2O3/c16-11-6-2-1-5-10(11)12(19)9-18-13(20)15(17-14(18)21)7-3-4-8-15/h1-2,5-6,12,19H,3-4,7-9H2,(H,17,21)/t12-/m1/s1. The van der Waals surface area contributed by atoms with Crippen molar-refractivity contribution in [2.45, 2.75) is 37.3 Å². The van der Waals surface area contributed by atoms with Gasteiger partial charge in [-0.3, -0.25) is 9.69 Å². The van der Waals surface area contributed by atoms with Gasteiger partial charge in [-0.25, -0.2) is 9.18 Å². The van der Waals surface area contributed by atoms with Crippen LogP contribution in [0.5, 0.6) is 0 Å². The minimum Gasteiger partial charge on any atom is -0.386 e. The first-order chi connectivity index (χ1) is 10.0. The van der Waals surface area contributed by atoms with E-state index in [0.29, 0.717) is 12.8 Å². The molecule has 1 aromatic carbocycles. The number of amides is 3. The third-order valence-electron chi connectivity index (χ3n) is 4.32.